The number of nitrogens with zero attached hydrogens (tertiary/aromatic N) is 1. The molecule has 0 bridgehead atoms. The minimum absolute atomic E-state index is 0.0961. The molecule has 0 aliphatic rings. The van der Waals surface area contributed by atoms with Crippen LogP contribution in [0.15, 0.2) is 24.3 Å². The summed E-state index contributed by atoms with van der Waals surface area (Å²) in [5.41, 5.74) is 1.79. The van der Waals surface area contributed by atoms with Crippen LogP contribution in [0.2, 0.25) is 0 Å². The van der Waals surface area contributed by atoms with Gasteiger partial charge in [0.15, 0.2) is 0 Å². The second kappa shape index (κ2) is 9.17. The van der Waals surface area contributed by atoms with Gasteiger partial charge in [0.25, 0.3) is 0 Å². The quantitative estimate of drug-likeness (QED) is 0.459. The normalized spacial score (nSPS) is 11.4. The van der Waals surface area contributed by atoms with Gasteiger partial charge in [0.05, 0.1) is 23.9 Å². The van der Waals surface area contributed by atoms with Crippen LogP contribution in [0.25, 0.3) is 0 Å². The SMILES string of the molecule is CCCCOc1ccc(Cc2nc(C(C)(C)C)sc2C(=O)OCC)cc1. The number of hydrogen-bond acceptors (Lipinski definition) is 5. The minimum Gasteiger partial charge on any atom is -0.494 e. The van der Waals surface area contributed by atoms with Gasteiger partial charge in [0.1, 0.15) is 10.6 Å². The molecule has 0 atom stereocenters. The van der Waals surface area contributed by atoms with E-state index in [2.05, 4.69) is 27.7 Å². The molecule has 0 radical (unpaired) electrons. The van der Waals surface area contributed by atoms with Gasteiger partial charge in [-0.2, -0.15) is 0 Å². The maximum absolute atomic E-state index is 12.3. The molecule has 142 valence electrons. The maximum atomic E-state index is 12.3. The number of ether oxygens (including phenoxy) is 2. The van der Waals surface area contributed by atoms with E-state index >= 15 is 0 Å². The number of unbranched alkanes of at least 4 members (excludes halogenated alkanes) is 1. The van der Waals surface area contributed by atoms with Crippen LogP contribution < -0.4 is 4.74 Å². The number of thiazole rings is 1. The lowest BCUT2D eigenvalue weighted by atomic mass is 9.98. The van der Waals surface area contributed by atoms with E-state index in [0.29, 0.717) is 17.9 Å². The first-order chi connectivity index (χ1) is 12.3. The molecule has 26 heavy (non-hydrogen) atoms. The van der Waals surface area contributed by atoms with Crippen LogP contribution >= 0.6 is 11.3 Å². The number of hydrogen-bond donors (Lipinski definition) is 0. The molecule has 0 aliphatic carbocycles. The molecule has 1 aromatic heterocycles. The highest BCUT2D eigenvalue weighted by molar-refractivity contribution is 7.13. The summed E-state index contributed by atoms with van der Waals surface area (Å²) in [7, 11) is 0. The predicted octanol–water partition coefficient (Wildman–Crippen LogP) is 5.39. The van der Waals surface area contributed by atoms with Crippen molar-refractivity contribution in [3.8, 4) is 5.75 Å². The first kappa shape index (κ1) is 20.4. The first-order valence-electron chi connectivity index (χ1n) is 9.24. The van der Waals surface area contributed by atoms with Gasteiger partial charge in [-0.05, 0) is 31.0 Å². The third-order valence-electron chi connectivity index (χ3n) is 3.86. The fourth-order valence-corrected chi connectivity index (χ4v) is 3.41. The molecule has 0 saturated heterocycles. The van der Waals surface area contributed by atoms with Crippen molar-refractivity contribution in [2.24, 2.45) is 0 Å². The second-order valence-corrected chi connectivity index (χ2v) is 8.29. The number of benzene rings is 1. The number of aromatic nitrogens is 1. The molecule has 2 aromatic rings. The largest absolute Gasteiger partial charge is 0.494 e. The number of carbonyl (C=O) groups excluding carboxylic acids is 1. The fourth-order valence-electron chi connectivity index (χ4n) is 2.38. The van der Waals surface area contributed by atoms with E-state index in [1.54, 1.807) is 0 Å². The molecule has 1 aromatic carbocycles. The first-order valence-corrected chi connectivity index (χ1v) is 10.1. The summed E-state index contributed by atoms with van der Waals surface area (Å²) in [5, 5.41) is 0.954. The molecule has 0 amide bonds. The highest BCUT2D eigenvalue weighted by atomic mass is 32.1. The highest BCUT2D eigenvalue weighted by Gasteiger charge is 2.25. The molecule has 0 fully saturated rings. The molecule has 0 unspecified atom stereocenters. The van der Waals surface area contributed by atoms with Crippen molar-refractivity contribution in [1.82, 2.24) is 4.98 Å². The lowest BCUT2D eigenvalue weighted by Crippen LogP contribution is -2.10. The summed E-state index contributed by atoms with van der Waals surface area (Å²) in [6.07, 6.45) is 2.78. The van der Waals surface area contributed by atoms with Gasteiger partial charge in [-0.15, -0.1) is 11.3 Å². The Morgan fingerprint density at radius 3 is 2.42 bits per heavy atom. The highest BCUT2D eigenvalue weighted by Crippen LogP contribution is 2.31. The van der Waals surface area contributed by atoms with Gasteiger partial charge < -0.3 is 9.47 Å². The van der Waals surface area contributed by atoms with Crippen molar-refractivity contribution in [3.63, 3.8) is 0 Å². The summed E-state index contributed by atoms with van der Waals surface area (Å²) >= 11 is 1.44. The van der Waals surface area contributed by atoms with Crippen LogP contribution in [0.3, 0.4) is 0 Å². The van der Waals surface area contributed by atoms with Crippen molar-refractivity contribution in [3.05, 3.63) is 45.4 Å². The molecular weight excluding hydrogens is 346 g/mol. The van der Waals surface area contributed by atoms with Gasteiger partial charge in [-0.3, -0.25) is 0 Å². The molecule has 5 heteroatoms. The van der Waals surface area contributed by atoms with Crippen LogP contribution in [0.4, 0.5) is 0 Å². The standard InChI is InChI=1S/C21H29NO3S/c1-6-8-13-25-16-11-9-15(10-12-16)14-17-18(19(23)24-7-2)26-20(22-17)21(3,4)5/h9-12H,6-8,13-14H2,1-5H3. The third-order valence-corrected chi connectivity index (χ3v) is 5.36. The van der Waals surface area contributed by atoms with Gasteiger partial charge in [0.2, 0.25) is 0 Å². The van der Waals surface area contributed by atoms with Gasteiger partial charge >= 0.3 is 5.97 Å². The smallest absolute Gasteiger partial charge is 0.350 e. The van der Waals surface area contributed by atoms with E-state index in [1.165, 1.54) is 11.3 Å². The van der Waals surface area contributed by atoms with Crippen molar-refractivity contribution >= 4 is 17.3 Å². The molecule has 0 aliphatic heterocycles. The maximum Gasteiger partial charge on any atom is 0.350 e. The molecule has 0 spiro atoms. The van der Waals surface area contributed by atoms with E-state index in [4.69, 9.17) is 14.5 Å². The minimum atomic E-state index is -0.282. The van der Waals surface area contributed by atoms with Crippen molar-refractivity contribution in [2.45, 2.75) is 59.3 Å². The van der Waals surface area contributed by atoms with E-state index < -0.39 is 0 Å². The van der Waals surface area contributed by atoms with Crippen LogP contribution in [-0.2, 0) is 16.6 Å². The van der Waals surface area contributed by atoms with Gasteiger partial charge in [-0.25, -0.2) is 9.78 Å². The van der Waals surface area contributed by atoms with Gasteiger partial charge in [0, 0.05) is 11.8 Å². The molecule has 0 N–H and O–H groups in total. The summed E-state index contributed by atoms with van der Waals surface area (Å²) < 4.78 is 10.9. The Hall–Kier alpha value is -1.88. The van der Waals surface area contributed by atoms with Gasteiger partial charge in [-0.1, -0.05) is 46.2 Å². The summed E-state index contributed by atoms with van der Waals surface area (Å²) in [6.45, 7) is 11.4. The number of rotatable bonds is 8. The number of carbonyl (C=O) groups is 1. The molecule has 1 heterocycles. The van der Waals surface area contributed by atoms with Crippen molar-refractivity contribution in [2.75, 3.05) is 13.2 Å². The predicted molar refractivity (Wildman–Crippen MR) is 106 cm³/mol. The van der Waals surface area contributed by atoms with Crippen molar-refractivity contribution < 1.29 is 14.3 Å². The fraction of sp³-hybridized carbons (Fsp3) is 0.524. The Balaban J connectivity index is 2.19. The zero-order valence-corrected chi connectivity index (χ0v) is 17.2. The average Bonchev–Trinajstić information content (AvgIpc) is 3.01. The molecule has 4 nitrogen and oxygen atoms in total. The Morgan fingerprint density at radius 2 is 1.85 bits per heavy atom. The van der Waals surface area contributed by atoms with Crippen LogP contribution in [0.1, 0.15) is 73.4 Å². The van der Waals surface area contributed by atoms with Crippen LogP contribution in [0.5, 0.6) is 5.75 Å². The van der Waals surface area contributed by atoms with E-state index in [0.717, 1.165) is 41.5 Å². The molecule has 2 rings (SSSR count). The Morgan fingerprint density at radius 1 is 1.15 bits per heavy atom. The zero-order chi connectivity index (χ0) is 19.2. The average molecular weight is 376 g/mol. The topological polar surface area (TPSA) is 48.4 Å². The lowest BCUT2D eigenvalue weighted by molar-refractivity contribution is 0.0530. The van der Waals surface area contributed by atoms with E-state index in [9.17, 15) is 4.79 Å². The summed E-state index contributed by atoms with van der Waals surface area (Å²) in [5.74, 6) is 0.594. The Labute approximate surface area is 160 Å². The molecular formula is C21H29NO3S. The molecule has 0 saturated carbocycles. The monoisotopic (exact) mass is 375 g/mol. The summed E-state index contributed by atoms with van der Waals surface area (Å²) in [6, 6.07) is 8.02. The van der Waals surface area contributed by atoms with Crippen molar-refractivity contribution in [1.29, 1.82) is 0 Å². The summed E-state index contributed by atoms with van der Waals surface area (Å²) in [4.78, 5) is 17.7. The van der Waals surface area contributed by atoms with Crippen LogP contribution in [-0.4, -0.2) is 24.2 Å². The second-order valence-electron chi connectivity index (χ2n) is 7.29. The Kier molecular flexibility index (Phi) is 7.21. The number of esters is 1. The van der Waals surface area contributed by atoms with E-state index in [-0.39, 0.29) is 11.4 Å². The third kappa shape index (κ3) is 5.56. The Bertz CT molecular complexity index is 714. The lowest BCUT2D eigenvalue weighted by Gasteiger charge is -2.13. The zero-order valence-electron chi connectivity index (χ0n) is 16.4. The van der Waals surface area contributed by atoms with Crippen LogP contribution in [0, 0.1) is 0 Å². The van der Waals surface area contributed by atoms with E-state index in [1.807, 2.05) is 31.2 Å².